The summed E-state index contributed by atoms with van der Waals surface area (Å²) in [6.07, 6.45) is 5.72. The normalized spacial score (nSPS) is 22.0. The zero-order valence-electron chi connectivity index (χ0n) is 16.9. The number of nitrogens with one attached hydrogen (secondary N) is 1. The summed E-state index contributed by atoms with van der Waals surface area (Å²) in [4.78, 5) is 0. The van der Waals surface area contributed by atoms with E-state index in [1.807, 2.05) is 0 Å². The second-order valence-corrected chi connectivity index (χ2v) is 7.69. The molecule has 29 heavy (non-hydrogen) atoms. The van der Waals surface area contributed by atoms with Crippen LogP contribution in [0.4, 0.5) is 5.69 Å². The molecule has 0 spiro atoms. The molecule has 1 heterocycles. The highest BCUT2D eigenvalue weighted by atomic mass is 16.5. The van der Waals surface area contributed by atoms with Crippen molar-refractivity contribution < 1.29 is 14.2 Å². The first kappa shape index (κ1) is 17.9. The topological polar surface area (TPSA) is 39.7 Å². The third-order valence-electron chi connectivity index (χ3n) is 6.31. The second-order valence-electron chi connectivity index (χ2n) is 7.69. The van der Waals surface area contributed by atoms with Crippen molar-refractivity contribution >= 4 is 16.5 Å². The van der Waals surface area contributed by atoms with Gasteiger partial charge in [-0.1, -0.05) is 48.6 Å². The van der Waals surface area contributed by atoms with Crippen LogP contribution in [0.1, 0.15) is 29.5 Å². The number of anilines is 1. The lowest BCUT2D eigenvalue weighted by Gasteiger charge is -2.38. The first-order chi connectivity index (χ1) is 14.2. The van der Waals surface area contributed by atoms with Crippen molar-refractivity contribution in [3.63, 3.8) is 0 Å². The van der Waals surface area contributed by atoms with Crippen LogP contribution < -0.4 is 19.5 Å². The molecule has 4 nitrogen and oxygen atoms in total. The fourth-order valence-corrected chi connectivity index (χ4v) is 4.95. The predicted molar refractivity (Wildman–Crippen MR) is 116 cm³/mol. The van der Waals surface area contributed by atoms with Crippen LogP contribution in [-0.2, 0) is 0 Å². The van der Waals surface area contributed by atoms with Crippen LogP contribution in [0.15, 0.2) is 60.7 Å². The summed E-state index contributed by atoms with van der Waals surface area (Å²) in [5.74, 6) is 2.86. The average Bonchev–Trinajstić information content (AvgIpc) is 3.27. The van der Waals surface area contributed by atoms with Crippen molar-refractivity contribution in [2.75, 3.05) is 26.6 Å². The number of hydrogen-bond acceptors (Lipinski definition) is 4. The van der Waals surface area contributed by atoms with Gasteiger partial charge in [-0.05, 0) is 41.0 Å². The van der Waals surface area contributed by atoms with Gasteiger partial charge in [-0.15, -0.1) is 0 Å². The summed E-state index contributed by atoms with van der Waals surface area (Å²) in [7, 11) is 4.97. The van der Waals surface area contributed by atoms with Gasteiger partial charge in [0.1, 0.15) is 0 Å². The van der Waals surface area contributed by atoms with Crippen LogP contribution in [0, 0.1) is 5.92 Å². The Morgan fingerprint density at radius 3 is 2.38 bits per heavy atom. The van der Waals surface area contributed by atoms with Gasteiger partial charge in [-0.2, -0.15) is 0 Å². The van der Waals surface area contributed by atoms with Crippen molar-refractivity contribution in [2.45, 2.75) is 18.4 Å². The molecule has 3 atom stereocenters. The van der Waals surface area contributed by atoms with E-state index in [-0.39, 0.29) is 6.04 Å². The largest absolute Gasteiger partial charge is 0.493 e. The van der Waals surface area contributed by atoms with Crippen molar-refractivity contribution in [3.05, 3.63) is 71.8 Å². The molecule has 0 unspecified atom stereocenters. The van der Waals surface area contributed by atoms with Crippen LogP contribution in [0.2, 0.25) is 0 Å². The molecule has 0 saturated carbocycles. The molecule has 0 saturated heterocycles. The lowest BCUT2D eigenvalue weighted by atomic mass is 9.76. The van der Waals surface area contributed by atoms with Gasteiger partial charge in [0.25, 0.3) is 0 Å². The van der Waals surface area contributed by atoms with Crippen LogP contribution >= 0.6 is 0 Å². The maximum atomic E-state index is 5.61. The number of ether oxygens (including phenoxy) is 3. The van der Waals surface area contributed by atoms with E-state index in [9.17, 15) is 0 Å². The molecule has 0 bridgehead atoms. The molecule has 0 fully saturated rings. The molecule has 4 heteroatoms. The van der Waals surface area contributed by atoms with E-state index in [2.05, 4.69) is 66.0 Å². The van der Waals surface area contributed by atoms with Gasteiger partial charge in [0.15, 0.2) is 11.5 Å². The highest BCUT2D eigenvalue weighted by molar-refractivity contribution is 5.96. The highest BCUT2D eigenvalue weighted by Crippen LogP contribution is 2.53. The molecule has 5 rings (SSSR count). The zero-order valence-corrected chi connectivity index (χ0v) is 16.9. The zero-order chi connectivity index (χ0) is 20.0. The highest BCUT2D eigenvalue weighted by Gasteiger charge is 2.39. The van der Waals surface area contributed by atoms with Crippen LogP contribution in [0.3, 0.4) is 0 Å². The third kappa shape index (κ3) is 2.74. The minimum Gasteiger partial charge on any atom is -0.493 e. The number of benzene rings is 3. The minimum atomic E-state index is 0.155. The summed E-state index contributed by atoms with van der Waals surface area (Å²) in [6, 6.07) is 17.4. The molecule has 3 aromatic rings. The van der Waals surface area contributed by atoms with Crippen LogP contribution in [-0.4, -0.2) is 21.3 Å². The molecule has 1 aliphatic heterocycles. The smallest absolute Gasteiger partial charge is 0.203 e. The number of methoxy groups -OCH3 is 3. The Morgan fingerprint density at radius 2 is 1.66 bits per heavy atom. The fourth-order valence-electron chi connectivity index (χ4n) is 4.95. The van der Waals surface area contributed by atoms with E-state index in [4.69, 9.17) is 14.2 Å². The number of rotatable bonds is 4. The lowest BCUT2D eigenvalue weighted by molar-refractivity contribution is 0.322. The molecule has 0 radical (unpaired) electrons. The Kier molecular flexibility index (Phi) is 4.35. The van der Waals surface area contributed by atoms with Gasteiger partial charge in [-0.25, -0.2) is 0 Å². The van der Waals surface area contributed by atoms with Crippen LogP contribution in [0.25, 0.3) is 10.8 Å². The predicted octanol–water partition coefficient (Wildman–Crippen LogP) is 5.69. The summed E-state index contributed by atoms with van der Waals surface area (Å²) >= 11 is 0. The Hall–Kier alpha value is -3.14. The van der Waals surface area contributed by atoms with Gasteiger partial charge in [0, 0.05) is 17.0 Å². The molecule has 3 aromatic carbocycles. The fraction of sp³-hybridized carbons (Fsp3) is 0.280. The van der Waals surface area contributed by atoms with E-state index >= 15 is 0 Å². The number of fused-ring (bicyclic) bond motifs is 5. The maximum Gasteiger partial charge on any atom is 0.203 e. The summed E-state index contributed by atoms with van der Waals surface area (Å²) < 4.78 is 16.7. The minimum absolute atomic E-state index is 0.155. The van der Waals surface area contributed by atoms with Gasteiger partial charge >= 0.3 is 0 Å². The van der Waals surface area contributed by atoms with Crippen molar-refractivity contribution in [3.8, 4) is 17.2 Å². The van der Waals surface area contributed by atoms with Gasteiger partial charge in [0.05, 0.1) is 27.4 Å². The lowest BCUT2D eigenvalue weighted by Crippen LogP contribution is -2.29. The van der Waals surface area contributed by atoms with Gasteiger partial charge in [0.2, 0.25) is 5.75 Å². The molecule has 2 aliphatic rings. The van der Waals surface area contributed by atoms with E-state index in [1.54, 1.807) is 21.3 Å². The first-order valence-electron chi connectivity index (χ1n) is 10.00. The van der Waals surface area contributed by atoms with Crippen LogP contribution in [0.5, 0.6) is 17.2 Å². The van der Waals surface area contributed by atoms with Gasteiger partial charge in [-0.3, -0.25) is 0 Å². The molecule has 1 N–H and O–H groups in total. The third-order valence-corrected chi connectivity index (χ3v) is 6.31. The molecule has 0 amide bonds. The Labute approximate surface area is 171 Å². The second kappa shape index (κ2) is 7.03. The molecular formula is C25H25NO3. The van der Waals surface area contributed by atoms with E-state index in [0.29, 0.717) is 29.1 Å². The molecule has 0 aromatic heterocycles. The van der Waals surface area contributed by atoms with Gasteiger partial charge < -0.3 is 19.5 Å². The van der Waals surface area contributed by atoms with Crippen molar-refractivity contribution in [2.24, 2.45) is 5.92 Å². The Bertz CT molecular complexity index is 1080. The monoisotopic (exact) mass is 387 g/mol. The first-order valence-corrected chi connectivity index (χ1v) is 10.00. The standard InChI is InChI=1S/C25H25NO3/c1-27-21-13-16(14-22(28-2)25(21)29-3)23-19-10-6-9-18(19)20-12-11-15-7-4-5-8-17(15)24(20)26-23/h4-9,11-14,18-19,23,26H,10H2,1-3H3/t18-,19+,23+/m1/s1. The Balaban J connectivity index is 1.67. The summed E-state index contributed by atoms with van der Waals surface area (Å²) in [5.41, 5.74) is 3.76. The maximum absolute atomic E-state index is 5.61. The molecule has 148 valence electrons. The Morgan fingerprint density at radius 1 is 0.897 bits per heavy atom. The van der Waals surface area contributed by atoms with Crippen molar-refractivity contribution in [1.82, 2.24) is 0 Å². The average molecular weight is 387 g/mol. The van der Waals surface area contributed by atoms with E-state index in [1.165, 1.54) is 22.0 Å². The number of allylic oxidation sites excluding steroid dienone is 2. The summed E-state index contributed by atoms with van der Waals surface area (Å²) in [6.45, 7) is 0. The number of hydrogen-bond donors (Lipinski definition) is 1. The SMILES string of the molecule is COc1cc([C@@H]2Nc3c(ccc4ccccc34)[C@@H]3C=CC[C@@H]32)cc(OC)c1OC. The summed E-state index contributed by atoms with van der Waals surface area (Å²) in [5, 5.41) is 6.39. The molecule has 1 aliphatic carbocycles. The quantitative estimate of drug-likeness (QED) is 0.584. The van der Waals surface area contributed by atoms with Crippen molar-refractivity contribution in [1.29, 1.82) is 0 Å². The van der Waals surface area contributed by atoms with E-state index < -0.39 is 0 Å². The molecular weight excluding hydrogens is 362 g/mol. The van der Waals surface area contributed by atoms with E-state index in [0.717, 1.165) is 12.0 Å².